The van der Waals surface area contributed by atoms with Crippen LogP contribution in [0.25, 0.3) is 0 Å². The van der Waals surface area contributed by atoms with Crippen molar-refractivity contribution in [1.29, 1.82) is 0 Å². The normalized spacial score (nSPS) is 11.7. The Morgan fingerprint density at radius 3 is 2.90 bits per heavy atom. The first-order valence-electron chi connectivity index (χ1n) is 7.15. The Kier molecular flexibility index (Phi) is 7.52. The van der Waals surface area contributed by atoms with Gasteiger partial charge in [0.15, 0.2) is 0 Å². The van der Waals surface area contributed by atoms with Crippen molar-refractivity contribution in [3.05, 3.63) is 35.4 Å². The van der Waals surface area contributed by atoms with Crippen LogP contribution in [-0.4, -0.2) is 43.2 Å². The lowest BCUT2D eigenvalue weighted by atomic mass is 10.1. The molecular formula is C17H24N2O2. The minimum atomic E-state index is -0.0347. The van der Waals surface area contributed by atoms with Crippen LogP contribution in [0.15, 0.2) is 24.3 Å². The fourth-order valence-electron chi connectivity index (χ4n) is 2.14. The van der Waals surface area contributed by atoms with Gasteiger partial charge in [-0.2, -0.15) is 0 Å². The van der Waals surface area contributed by atoms with Crippen LogP contribution >= 0.6 is 0 Å². The molecule has 1 unspecified atom stereocenters. The monoisotopic (exact) mass is 288 g/mol. The molecule has 0 bridgehead atoms. The minimum absolute atomic E-state index is 0.0347. The molecule has 0 spiro atoms. The number of carbonyl (C=O) groups excluding carboxylic acids is 1. The summed E-state index contributed by atoms with van der Waals surface area (Å²) in [5.41, 5.74) is 2.12. The van der Waals surface area contributed by atoms with Crippen LogP contribution in [0.2, 0.25) is 0 Å². The van der Waals surface area contributed by atoms with Crippen molar-refractivity contribution in [3.63, 3.8) is 0 Å². The zero-order valence-electron chi connectivity index (χ0n) is 13.0. The third-order valence-corrected chi connectivity index (χ3v) is 3.13. The fourth-order valence-corrected chi connectivity index (χ4v) is 2.14. The largest absolute Gasteiger partial charge is 0.395 e. The molecule has 2 N–H and O–H groups in total. The van der Waals surface area contributed by atoms with E-state index >= 15 is 0 Å². The van der Waals surface area contributed by atoms with E-state index in [1.807, 2.05) is 32.2 Å². The SMILES string of the molecule is CNC(=O)C(C)CN(C)Cc1cccc(C#CCCO)c1. The van der Waals surface area contributed by atoms with Crippen molar-refractivity contribution in [1.82, 2.24) is 10.2 Å². The van der Waals surface area contributed by atoms with Crippen molar-refractivity contribution in [3.8, 4) is 11.8 Å². The molecule has 1 aromatic rings. The Labute approximate surface area is 127 Å². The topological polar surface area (TPSA) is 52.6 Å². The van der Waals surface area contributed by atoms with Crippen molar-refractivity contribution in [2.24, 2.45) is 5.92 Å². The molecule has 0 fully saturated rings. The van der Waals surface area contributed by atoms with E-state index in [4.69, 9.17) is 5.11 Å². The van der Waals surface area contributed by atoms with E-state index in [1.165, 1.54) is 0 Å². The summed E-state index contributed by atoms with van der Waals surface area (Å²) in [6, 6.07) is 8.04. The lowest BCUT2D eigenvalue weighted by molar-refractivity contribution is -0.124. The Balaban J connectivity index is 2.60. The van der Waals surface area contributed by atoms with Gasteiger partial charge < -0.3 is 15.3 Å². The van der Waals surface area contributed by atoms with Crippen molar-refractivity contribution < 1.29 is 9.90 Å². The van der Waals surface area contributed by atoms with E-state index in [-0.39, 0.29) is 18.4 Å². The smallest absolute Gasteiger partial charge is 0.223 e. The quantitative estimate of drug-likeness (QED) is 0.774. The molecule has 0 aliphatic heterocycles. The van der Waals surface area contributed by atoms with Gasteiger partial charge >= 0.3 is 0 Å². The Bertz CT molecular complexity index is 517. The van der Waals surface area contributed by atoms with E-state index < -0.39 is 0 Å². The molecule has 0 saturated heterocycles. The molecule has 0 heterocycles. The third-order valence-electron chi connectivity index (χ3n) is 3.13. The molecule has 4 heteroatoms. The number of amides is 1. The number of carbonyl (C=O) groups is 1. The number of aliphatic hydroxyl groups excluding tert-OH is 1. The van der Waals surface area contributed by atoms with Gasteiger partial charge in [0.2, 0.25) is 5.91 Å². The molecule has 1 atom stereocenters. The molecule has 114 valence electrons. The van der Waals surface area contributed by atoms with Gasteiger partial charge in [-0.05, 0) is 24.7 Å². The second-order valence-corrected chi connectivity index (χ2v) is 5.19. The molecule has 4 nitrogen and oxygen atoms in total. The lowest BCUT2D eigenvalue weighted by Crippen LogP contribution is -2.34. The van der Waals surface area contributed by atoms with Crippen LogP contribution in [0.4, 0.5) is 0 Å². The number of aliphatic hydroxyl groups is 1. The first kappa shape index (κ1) is 17.2. The van der Waals surface area contributed by atoms with Crippen LogP contribution in [0.1, 0.15) is 24.5 Å². The van der Waals surface area contributed by atoms with Gasteiger partial charge in [0.25, 0.3) is 0 Å². The van der Waals surface area contributed by atoms with E-state index in [0.717, 1.165) is 17.7 Å². The first-order chi connectivity index (χ1) is 10.1. The number of nitrogens with one attached hydrogen (secondary N) is 1. The van der Waals surface area contributed by atoms with Crippen LogP contribution in [0, 0.1) is 17.8 Å². The number of hydrogen-bond acceptors (Lipinski definition) is 3. The maximum Gasteiger partial charge on any atom is 0.223 e. The van der Waals surface area contributed by atoms with E-state index in [1.54, 1.807) is 7.05 Å². The fraction of sp³-hybridized carbons (Fsp3) is 0.471. The van der Waals surface area contributed by atoms with Gasteiger partial charge in [-0.3, -0.25) is 4.79 Å². The summed E-state index contributed by atoms with van der Waals surface area (Å²) in [6.07, 6.45) is 0.494. The Morgan fingerprint density at radius 2 is 2.24 bits per heavy atom. The summed E-state index contributed by atoms with van der Waals surface area (Å²) >= 11 is 0. The summed E-state index contributed by atoms with van der Waals surface area (Å²) in [5.74, 6) is 5.98. The predicted octanol–water partition coefficient (Wildman–Crippen LogP) is 1.23. The number of hydrogen-bond donors (Lipinski definition) is 2. The predicted molar refractivity (Wildman–Crippen MR) is 84.6 cm³/mol. The number of rotatable bonds is 6. The van der Waals surface area contributed by atoms with Gasteiger partial charge in [0, 0.05) is 38.0 Å². The molecule has 21 heavy (non-hydrogen) atoms. The molecule has 0 aliphatic rings. The van der Waals surface area contributed by atoms with Crippen molar-refractivity contribution >= 4 is 5.91 Å². The molecule has 0 radical (unpaired) electrons. The van der Waals surface area contributed by atoms with Crippen LogP contribution in [0.3, 0.4) is 0 Å². The zero-order chi connectivity index (χ0) is 15.7. The van der Waals surface area contributed by atoms with Crippen LogP contribution in [-0.2, 0) is 11.3 Å². The third kappa shape index (κ3) is 6.44. The van der Waals surface area contributed by atoms with Crippen molar-refractivity contribution in [2.75, 3.05) is 27.2 Å². The number of benzene rings is 1. The molecule has 1 amide bonds. The van der Waals surface area contributed by atoms with E-state index in [2.05, 4.69) is 28.1 Å². The maximum absolute atomic E-state index is 11.5. The van der Waals surface area contributed by atoms with Gasteiger partial charge in [0.05, 0.1) is 6.61 Å². The summed E-state index contributed by atoms with van der Waals surface area (Å²) in [7, 11) is 3.66. The summed E-state index contributed by atoms with van der Waals surface area (Å²) in [4.78, 5) is 13.6. The Hall–Kier alpha value is -1.83. The average molecular weight is 288 g/mol. The van der Waals surface area contributed by atoms with Gasteiger partial charge in [-0.1, -0.05) is 30.9 Å². The molecule has 0 aliphatic carbocycles. The second-order valence-electron chi connectivity index (χ2n) is 5.19. The maximum atomic E-state index is 11.5. The highest BCUT2D eigenvalue weighted by Gasteiger charge is 2.13. The first-order valence-corrected chi connectivity index (χ1v) is 7.15. The zero-order valence-corrected chi connectivity index (χ0v) is 13.0. The van der Waals surface area contributed by atoms with Gasteiger partial charge in [-0.25, -0.2) is 0 Å². The lowest BCUT2D eigenvalue weighted by Gasteiger charge is -2.20. The highest BCUT2D eigenvalue weighted by atomic mass is 16.2. The van der Waals surface area contributed by atoms with Crippen LogP contribution in [0.5, 0.6) is 0 Å². The standard InChI is InChI=1S/C17H24N2O2/c1-14(17(21)18-2)12-19(3)13-16-9-6-8-15(11-16)7-4-5-10-20/h6,8-9,11,14,20H,5,10,12-13H2,1-3H3,(H,18,21). The number of nitrogens with zero attached hydrogens (tertiary/aromatic N) is 1. The molecule has 0 saturated carbocycles. The molecule has 1 aromatic carbocycles. The highest BCUT2D eigenvalue weighted by Crippen LogP contribution is 2.08. The second kappa shape index (κ2) is 9.17. The van der Waals surface area contributed by atoms with Crippen molar-refractivity contribution in [2.45, 2.75) is 19.9 Å². The summed E-state index contributed by atoms with van der Waals surface area (Å²) in [5, 5.41) is 11.4. The summed E-state index contributed by atoms with van der Waals surface area (Å²) in [6.45, 7) is 3.50. The summed E-state index contributed by atoms with van der Waals surface area (Å²) < 4.78 is 0. The highest BCUT2D eigenvalue weighted by molar-refractivity contribution is 5.78. The molecule has 1 rings (SSSR count). The van der Waals surface area contributed by atoms with Crippen LogP contribution < -0.4 is 5.32 Å². The van der Waals surface area contributed by atoms with Gasteiger partial charge in [0.1, 0.15) is 0 Å². The van der Waals surface area contributed by atoms with E-state index in [9.17, 15) is 4.79 Å². The molecule has 0 aromatic heterocycles. The average Bonchev–Trinajstić information content (AvgIpc) is 2.46. The van der Waals surface area contributed by atoms with Gasteiger partial charge in [-0.15, -0.1) is 0 Å². The van der Waals surface area contributed by atoms with E-state index in [0.29, 0.717) is 13.0 Å². The minimum Gasteiger partial charge on any atom is -0.395 e. The Morgan fingerprint density at radius 1 is 1.48 bits per heavy atom. The molecular weight excluding hydrogens is 264 g/mol.